The lowest BCUT2D eigenvalue weighted by Gasteiger charge is -2.35. The second kappa shape index (κ2) is 8.13. The lowest BCUT2D eigenvalue weighted by Crippen LogP contribution is -2.34. The second-order valence-electron chi connectivity index (χ2n) is 5.47. The first-order valence-electron chi connectivity index (χ1n) is 7.94. The zero-order valence-corrected chi connectivity index (χ0v) is 15.1. The first-order chi connectivity index (χ1) is 9.42. The largest absolute Gasteiger partial charge is 0.322 e. The number of hydrogen-bond acceptors (Lipinski definition) is 4. The van der Waals surface area contributed by atoms with Crippen molar-refractivity contribution in [3.05, 3.63) is 0 Å². The van der Waals surface area contributed by atoms with Crippen molar-refractivity contribution in [2.24, 2.45) is 0 Å². The van der Waals surface area contributed by atoms with E-state index in [1.54, 1.807) is 0 Å². The summed E-state index contributed by atoms with van der Waals surface area (Å²) < 4.78 is 36.9. The summed E-state index contributed by atoms with van der Waals surface area (Å²) in [4.78, 5) is 0. The summed E-state index contributed by atoms with van der Waals surface area (Å²) in [6.45, 7) is 7.63. The normalized spacial score (nSPS) is 24.8. The van der Waals surface area contributed by atoms with Gasteiger partial charge in [0.15, 0.2) is 0 Å². The molecule has 20 heavy (non-hydrogen) atoms. The van der Waals surface area contributed by atoms with Gasteiger partial charge in [0.1, 0.15) is 0 Å². The van der Waals surface area contributed by atoms with Gasteiger partial charge >= 0.3 is 0 Å². The maximum Gasteiger partial charge on any atom is 0.202 e. The molecule has 1 aliphatic carbocycles. The van der Waals surface area contributed by atoms with Crippen LogP contribution in [-0.4, -0.2) is 36.9 Å². The third-order valence-electron chi connectivity index (χ3n) is 4.22. The molecule has 0 unspecified atom stereocenters. The van der Waals surface area contributed by atoms with Crippen LogP contribution < -0.4 is 0 Å². The van der Waals surface area contributed by atoms with E-state index in [2.05, 4.69) is 0 Å². The van der Waals surface area contributed by atoms with Crippen LogP contribution in [0.25, 0.3) is 0 Å². The fourth-order valence-corrected chi connectivity index (χ4v) is 5.50. The van der Waals surface area contributed by atoms with Gasteiger partial charge in [0.05, 0.1) is 12.2 Å². The Morgan fingerprint density at radius 1 is 0.750 bits per heavy atom. The molecule has 4 nitrogen and oxygen atoms in total. The van der Waals surface area contributed by atoms with Crippen LogP contribution >= 0.6 is 14.7 Å². The minimum absolute atomic E-state index is 0.152. The van der Waals surface area contributed by atoms with Gasteiger partial charge in [-0.2, -0.15) is 0 Å². The van der Waals surface area contributed by atoms with Crippen LogP contribution in [0.5, 0.6) is 0 Å². The van der Waals surface area contributed by atoms with Crippen LogP contribution in [0.2, 0.25) is 0 Å². The molecule has 6 heteroatoms. The van der Waals surface area contributed by atoms with Gasteiger partial charge in [-0.25, -0.2) is 0 Å². The van der Waals surface area contributed by atoms with Crippen LogP contribution in [-0.2, 0) is 18.2 Å². The molecule has 0 aromatic heterocycles. The lowest BCUT2D eigenvalue weighted by atomic mass is 9.95. The average Bonchev–Trinajstić information content (AvgIpc) is 2.49. The molecule has 2 atom stereocenters. The Balaban J connectivity index is 2.77. The summed E-state index contributed by atoms with van der Waals surface area (Å²) in [5.41, 5.74) is 0. The van der Waals surface area contributed by atoms with Crippen LogP contribution in [0.4, 0.5) is 0 Å². The Morgan fingerprint density at radius 3 is 1.30 bits per heavy atom. The molecule has 0 spiro atoms. The maximum atomic E-state index is 12.5. The highest BCUT2D eigenvalue weighted by atomic mass is 31.2. The van der Waals surface area contributed by atoms with E-state index in [1.807, 2.05) is 27.7 Å². The highest BCUT2D eigenvalue weighted by molar-refractivity contribution is 7.59. The predicted octanol–water partition coefficient (Wildman–Crippen LogP) is 4.97. The highest BCUT2D eigenvalue weighted by Crippen LogP contribution is 2.53. The number of hydrogen-bond donors (Lipinski definition) is 0. The summed E-state index contributed by atoms with van der Waals surface area (Å²) in [6, 6.07) is 0. The highest BCUT2D eigenvalue weighted by Gasteiger charge is 2.35. The van der Waals surface area contributed by atoms with Crippen LogP contribution in [0, 0.1) is 0 Å². The van der Waals surface area contributed by atoms with Crippen molar-refractivity contribution in [3.63, 3.8) is 0 Å². The minimum atomic E-state index is -2.54. The maximum absolute atomic E-state index is 12.5. The van der Waals surface area contributed by atoms with Crippen molar-refractivity contribution < 1.29 is 18.2 Å². The van der Waals surface area contributed by atoms with Gasteiger partial charge in [-0.1, -0.05) is 40.5 Å². The van der Waals surface area contributed by atoms with Crippen LogP contribution in [0.1, 0.15) is 53.4 Å². The first-order valence-corrected chi connectivity index (χ1v) is 11.9. The fraction of sp³-hybridized carbons (Fsp3) is 1.00. The molecule has 0 N–H and O–H groups in total. The molecule has 120 valence electrons. The van der Waals surface area contributed by atoms with E-state index < -0.39 is 14.7 Å². The molecule has 1 aliphatic rings. The van der Waals surface area contributed by atoms with Gasteiger partial charge in [0.25, 0.3) is 0 Å². The molecular weight excluding hydrogens is 294 g/mol. The Hall–Kier alpha value is 0.380. The van der Waals surface area contributed by atoms with Gasteiger partial charge in [-0.15, -0.1) is 0 Å². The SMILES string of the molecule is CCP(=O)(CC)O[C@H]1CCCC[C@@H]1OP(=O)(CC)CC. The average molecular weight is 324 g/mol. The summed E-state index contributed by atoms with van der Waals surface area (Å²) >= 11 is 0. The standard InChI is InChI=1S/C14H30O4P2/c1-5-19(15,6-2)17-13-11-9-10-12-14(13)18-20(16,7-3)8-4/h13-14H,5-12H2,1-4H3/t13-,14-/m0/s1. The molecule has 0 aromatic rings. The van der Waals surface area contributed by atoms with E-state index in [9.17, 15) is 9.13 Å². The molecule has 0 aliphatic heterocycles. The molecule has 1 rings (SSSR count). The van der Waals surface area contributed by atoms with Crippen LogP contribution in [0.3, 0.4) is 0 Å². The van der Waals surface area contributed by atoms with E-state index in [0.717, 1.165) is 25.7 Å². The van der Waals surface area contributed by atoms with Gasteiger partial charge in [-0.3, -0.25) is 9.13 Å². The summed E-state index contributed by atoms with van der Waals surface area (Å²) in [7, 11) is -5.08. The van der Waals surface area contributed by atoms with Crippen molar-refractivity contribution in [2.75, 3.05) is 24.6 Å². The van der Waals surface area contributed by atoms with E-state index in [0.29, 0.717) is 24.6 Å². The summed E-state index contributed by atoms with van der Waals surface area (Å²) in [6.07, 6.45) is 5.81. The zero-order valence-electron chi connectivity index (χ0n) is 13.3. The van der Waals surface area contributed by atoms with Gasteiger partial charge in [0.2, 0.25) is 14.7 Å². The molecule has 0 heterocycles. The number of rotatable bonds is 8. The molecule has 0 bridgehead atoms. The van der Waals surface area contributed by atoms with Crippen molar-refractivity contribution >= 4 is 14.7 Å². The summed E-state index contributed by atoms with van der Waals surface area (Å²) in [5.74, 6) is 0. The topological polar surface area (TPSA) is 52.6 Å². The molecular formula is C14H30O4P2. The van der Waals surface area contributed by atoms with E-state index in [-0.39, 0.29) is 12.2 Å². The summed E-state index contributed by atoms with van der Waals surface area (Å²) in [5, 5.41) is 0. The Morgan fingerprint density at radius 2 is 1.05 bits per heavy atom. The monoisotopic (exact) mass is 324 g/mol. The Kier molecular flexibility index (Phi) is 7.49. The Labute approximate surface area is 123 Å². The van der Waals surface area contributed by atoms with E-state index in [4.69, 9.17) is 9.05 Å². The predicted molar refractivity (Wildman–Crippen MR) is 85.6 cm³/mol. The quantitative estimate of drug-likeness (QED) is 0.592. The Bertz CT molecular complexity index is 331. The van der Waals surface area contributed by atoms with Crippen molar-refractivity contribution in [3.8, 4) is 0 Å². The van der Waals surface area contributed by atoms with E-state index in [1.165, 1.54) is 0 Å². The molecule has 0 saturated heterocycles. The van der Waals surface area contributed by atoms with Crippen molar-refractivity contribution in [2.45, 2.75) is 65.6 Å². The van der Waals surface area contributed by atoms with Crippen molar-refractivity contribution in [1.82, 2.24) is 0 Å². The van der Waals surface area contributed by atoms with Crippen molar-refractivity contribution in [1.29, 1.82) is 0 Å². The van der Waals surface area contributed by atoms with E-state index >= 15 is 0 Å². The smallest absolute Gasteiger partial charge is 0.202 e. The first kappa shape index (κ1) is 18.4. The third-order valence-corrected chi connectivity index (χ3v) is 9.39. The molecule has 0 amide bonds. The lowest BCUT2D eigenvalue weighted by molar-refractivity contribution is 0.0267. The molecule has 1 fully saturated rings. The molecule has 0 aromatic carbocycles. The zero-order chi connectivity index (χ0) is 15.2. The van der Waals surface area contributed by atoms with Gasteiger partial charge in [-0.05, 0) is 12.8 Å². The molecule has 0 radical (unpaired) electrons. The molecule has 1 saturated carbocycles. The fourth-order valence-electron chi connectivity index (χ4n) is 2.54. The van der Waals surface area contributed by atoms with Gasteiger partial charge < -0.3 is 9.05 Å². The third kappa shape index (κ3) is 4.98. The van der Waals surface area contributed by atoms with Gasteiger partial charge in [0, 0.05) is 24.6 Å². The second-order valence-corrected chi connectivity index (χ2v) is 11.7. The van der Waals surface area contributed by atoms with Crippen LogP contribution in [0.15, 0.2) is 0 Å². The minimum Gasteiger partial charge on any atom is -0.322 e.